The summed E-state index contributed by atoms with van der Waals surface area (Å²) in [4.78, 5) is 0. The van der Waals surface area contributed by atoms with Crippen LogP contribution in [0, 0.1) is 0 Å². The molecule has 1 aliphatic heterocycles. The SMILES string of the molecule is c1ccc(CO[C@@H]2[C@@H](OCc3ccccc3)[C@@H](Oc3ccccc3)O[C@H](COC(c3ccccc3)(c3ccccc3)c3ccccc3)[C@H]2OCc2ccccc2)cc1. The van der Waals surface area contributed by atoms with Crippen molar-refractivity contribution < 1.29 is 28.4 Å². The van der Waals surface area contributed by atoms with Gasteiger partial charge in [0.1, 0.15) is 35.8 Å². The summed E-state index contributed by atoms with van der Waals surface area (Å²) < 4.78 is 42.1. The van der Waals surface area contributed by atoms with Crippen molar-refractivity contribution in [1.29, 1.82) is 0 Å². The number of hydrogen-bond donors (Lipinski definition) is 0. The lowest BCUT2D eigenvalue weighted by Gasteiger charge is -2.47. The number of benzene rings is 7. The normalized spacial score (nSPS) is 19.3. The van der Waals surface area contributed by atoms with Crippen molar-refractivity contribution >= 4 is 0 Å². The molecule has 0 saturated carbocycles. The van der Waals surface area contributed by atoms with Crippen LogP contribution in [0.1, 0.15) is 33.4 Å². The van der Waals surface area contributed by atoms with Gasteiger partial charge in [-0.05, 0) is 45.5 Å². The summed E-state index contributed by atoms with van der Waals surface area (Å²) in [7, 11) is 0. The van der Waals surface area contributed by atoms with Crippen LogP contribution in [-0.2, 0) is 49.1 Å². The summed E-state index contributed by atoms with van der Waals surface area (Å²) in [6, 6.07) is 71.2. The molecule has 0 aromatic heterocycles. The number of para-hydroxylation sites is 1. The minimum Gasteiger partial charge on any atom is -0.462 e. The van der Waals surface area contributed by atoms with Crippen LogP contribution in [-0.4, -0.2) is 37.3 Å². The topological polar surface area (TPSA) is 55.4 Å². The Morgan fingerprint density at radius 2 is 0.724 bits per heavy atom. The summed E-state index contributed by atoms with van der Waals surface area (Å²) in [5.74, 6) is 0.651. The van der Waals surface area contributed by atoms with Crippen LogP contribution in [0.5, 0.6) is 5.75 Å². The molecule has 0 amide bonds. The molecule has 0 radical (unpaired) electrons. The van der Waals surface area contributed by atoms with Gasteiger partial charge in [-0.1, -0.05) is 200 Å². The largest absolute Gasteiger partial charge is 0.462 e. The third-order valence-corrected chi connectivity index (χ3v) is 10.4. The van der Waals surface area contributed by atoms with Crippen LogP contribution in [0.4, 0.5) is 0 Å². The van der Waals surface area contributed by atoms with E-state index in [2.05, 4.69) is 60.7 Å². The molecule has 0 spiro atoms. The van der Waals surface area contributed by atoms with E-state index in [9.17, 15) is 0 Å². The van der Waals surface area contributed by atoms with E-state index in [-0.39, 0.29) is 6.61 Å². The Labute approximate surface area is 341 Å². The second-order valence-electron chi connectivity index (χ2n) is 14.3. The second-order valence-corrected chi connectivity index (χ2v) is 14.3. The summed E-state index contributed by atoms with van der Waals surface area (Å²) in [5.41, 5.74) is 5.05. The Bertz CT molecular complexity index is 2110. The van der Waals surface area contributed by atoms with E-state index in [0.717, 1.165) is 33.4 Å². The van der Waals surface area contributed by atoms with Gasteiger partial charge in [-0.25, -0.2) is 0 Å². The zero-order valence-corrected chi connectivity index (χ0v) is 32.4. The Hall–Kier alpha value is -5.86. The molecule has 7 aromatic rings. The maximum absolute atomic E-state index is 7.43. The van der Waals surface area contributed by atoms with Gasteiger partial charge in [0.05, 0.1) is 26.4 Å². The predicted octanol–water partition coefficient (Wildman–Crippen LogP) is 10.6. The Kier molecular flexibility index (Phi) is 13.1. The van der Waals surface area contributed by atoms with Crippen molar-refractivity contribution in [2.24, 2.45) is 0 Å². The average molecular weight is 769 g/mol. The molecule has 6 heteroatoms. The third kappa shape index (κ3) is 9.46. The van der Waals surface area contributed by atoms with Gasteiger partial charge in [0.2, 0.25) is 6.29 Å². The van der Waals surface area contributed by atoms with Crippen LogP contribution in [0.3, 0.4) is 0 Å². The van der Waals surface area contributed by atoms with Crippen molar-refractivity contribution in [3.05, 3.63) is 246 Å². The lowest BCUT2D eigenvalue weighted by Crippen LogP contribution is -2.63. The van der Waals surface area contributed by atoms with Gasteiger partial charge in [-0.2, -0.15) is 0 Å². The predicted molar refractivity (Wildman–Crippen MR) is 226 cm³/mol. The standard InChI is InChI=1S/C52H48O6/c1-8-22-40(23-9-1)36-53-48-47(39-56-52(43-28-14-4-15-29-43,44-30-16-5-17-31-44)45-32-18-6-19-33-45)58-51(57-46-34-20-7-21-35-46)50(55-38-42-26-12-3-13-27-42)49(48)54-37-41-24-10-2-11-25-41/h1-35,47-51H,36-39H2/t47-,48-,49+,50-,51+/m1/s1. The first-order valence-electron chi connectivity index (χ1n) is 19.9. The van der Waals surface area contributed by atoms with E-state index in [4.69, 9.17) is 28.4 Å². The molecule has 1 fully saturated rings. The van der Waals surface area contributed by atoms with Crippen LogP contribution in [0.25, 0.3) is 0 Å². The van der Waals surface area contributed by atoms with Gasteiger partial charge in [0, 0.05) is 0 Å². The molecule has 58 heavy (non-hydrogen) atoms. The third-order valence-electron chi connectivity index (χ3n) is 10.4. The van der Waals surface area contributed by atoms with Crippen LogP contribution >= 0.6 is 0 Å². The van der Waals surface area contributed by atoms with Gasteiger partial charge >= 0.3 is 0 Å². The molecule has 1 aliphatic rings. The zero-order valence-electron chi connectivity index (χ0n) is 32.4. The monoisotopic (exact) mass is 768 g/mol. The minimum atomic E-state index is -0.992. The molecule has 6 nitrogen and oxygen atoms in total. The van der Waals surface area contributed by atoms with Crippen LogP contribution < -0.4 is 4.74 Å². The Balaban J connectivity index is 1.22. The minimum absolute atomic E-state index is 0.128. The Morgan fingerprint density at radius 3 is 1.14 bits per heavy atom. The van der Waals surface area contributed by atoms with E-state index in [1.54, 1.807) is 0 Å². The molecule has 0 N–H and O–H groups in total. The maximum atomic E-state index is 7.43. The summed E-state index contributed by atoms with van der Waals surface area (Å²) in [6.45, 7) is 1.10. The van der Waals surface area contributed by atoms with Crippen molar-refractivity contribution in [2.45, 2.75) is 56.1 Å². The van der Waals surface area contributed by atoms with Gasteiger partial charge in [-0.3, -0.25) is 0 Å². The first-order valence-corrected chi connectivity index (χ1v) is 19.9. The van der Waals surface area contributed by atoms with E-state index in [1.807, 2.05) is 152 Å². The smallest absolute Gasteiger partial charge is 0.229 e. The Morgan fingerprint density at radius 1 is 0.379 bits per heavy atom. The molecule has 1 heterocycles. The molecule has 0 unspecified atom stereocenters. The molecular weight excluding hydrogens is 721 g/mol. The first-order chi connectivity index (χ1) is 28.8. The highest BCUT2D eigenvalue weighted by atomic mass is 16.7. The quantitative estimate of drug-likeness (QED) is 0.0860. The molecule has 292 valence electrons. The van der Waals surface area contributed by atoms with E-state index in [1.165, 1.54) is 0 Å². The first kappa shape index (κ1) is 39.0. The molecule has 1 saturated heterocycles. The van der Waals surface area contributed by atoms with E-state index >= 15 is 0 Å². The van der Waals surface area contributed by atoms with Crippen molar-refractivity contribution in [3.63, 3.8) is 0 Å². The summed E-state index contributed by atoms with van der Waals surface area (Å²) in [6.07, 6.45) is -3.51. The lowest BCUT2D eigenvalue weighted by atomic mass is 9.80. The van der Waals surface area contributed by atoms with Gasteiger partial charge in [-0.15, -0.1) is 0 Å². The highest BCUT2D eigenvalue weighted by Gasteiger charge is 2.51. The second kappa shape index (κ2) is 19.5. The van der Waals surface area contributed by atoms with Gasteiger partial charge in [0.15, 0.2) is 0 Å². The fourth-order valence-corrected chi connectivity index (χ4v) is 7.58. The van der Waals surface area contributed by atoms with Crippen molar-refractivity contribution in [3.8, 4) is 5.75 Å². The lowest BCUT2D eigenvalue weighted by molar-refractivity contribution is -0.312. The number of hydrogen-bond acceptors (Lipinski definition) is 6. The highest BCUT2D eigenvalue weighted by molar-refractivity contribution is 5.47. The average Bonchev–Trinajstić information content (AvgIpc) is 3.30. The molecule has 0 aliphatic carbocycles. The van der Waals surface area contributed by atoms with Gasteiger partial charge in [0.25, 0.3) is 0 Å². The molecular formula is C52H48O6. The summed E-state index contributed by atoms with van der Waals surface area (Å²) >= 11 is 0. The highest BCUT2D eigenvalue weighted by Crippen LogP contribution is 2.42. The maximum Gasteiger partial charge on any atom is 0.229 e. The van der Waals surface area contributed by atoms with Crippen LogP contribution in [0.2, 0.25) is 0 Å². The van der Waals surface area contributed by atoms with Crippen LogP contribution in [0.15, 0.2) is 212 Å². The van der Waals surface area contributed by atoms with Crippen molar-refractivity contribution in [1.82, 2.24) is 0 Å². The fraction of sp³-hybridized carbons (Fsp3) is 0.192. The molecule has 8 rings (SSSR count). The molecule has 0 bridgehead atoms. The number of ether oxygens (including phenoxy) is 6. The number of rotatable bonds is 17. The summed E-state index contributed by atoms with van der Waals surface area (Å²) in [5, 5.41) is 0. The molecule has 5 atom stereocenters. The zero-order chi connectivity index (χ0) is 39.2. The van der Waals surface area contributed by atoms with E-state index < -0.39 is 36.3 Å². The fourth-order valence-electron chi connectivity index (χ4n) is 7.58. The molecule has 7 aromatic carbocycles. The van der Waals surface area contributed by atoms with Crippen molar-refractivity contribution in [2.75, 3.05) is 6.61 Å². The van der Waals surface area contributed by atoms with Gasteiger partial charge < -0.3 is 28.4 Å². The van der Waals surface area contributed by atoms with E-state index in [0.29, 0.717) is 25.6 Å².